The molecular weight excluding hydrogens is 431 g/mol. The van der Waals surface area contributed by atoms with Gasteiger partial charge in [0.25, 0.3) is 5.91 Å². The molecule has 2 fully saturated rings. The Kier molecular flexibility index (Phi) is 7.01. The van der Waals surface area contributed by atoms with Gasteiger partial charge in [0.2, 0.25) is 11.8 Å². The average molecular weight is 455 g/mol. The zero-order chi connectivity index (χ0) is 20.1. The summed E-state index contributed by atoms with van der Waals surface area (Å²) in [5.74, 6) is -0.909. The van der Waals surface area contributed by atoms with E-state index in [1.807, 2.05) is 4.90 Å². The second-order valence-electron chi connectivity index (χ2n) is 7.13. The minimum Gasteiger partial charge on any atom is -0.352 e. The van der Waals surface area contributed by atoms with Crippen molar-refractivity contribution in [3.05, 3.63) is 34.1 Å². The summed E-state index contributed by atoms with van der Waals surface area (Å²) in [6.07, 6.45) is 2.32. The number of benzene rings is 1. The summed E-state index contributed by atoms with van der Waals surface area (Å²) in [7, 11) is 0. The van der Waals surface area contributed by atoms with Crippen LogP contribution in [0, 0.1) is 5.82 Å². The first-order chi connectivity index (χ1) is 13.4. The molecule has 28 heavy (non-hydrogen) atoms. The maximum absolute atomic E-state index is 13.3. The third-order valence-corrected chi connectivity index (χ3v) is 5.52. The van der Waals surface area contributed by atoms with E-state index in [1.54, 1.807) is 4.90 Å². The van der Waals surface area contributed by atoms with E-state index in [-0.39, 0.29) is 30.3 Å². The maximum Gasteiger partial charge on any atom is 0.252 e. The lowest BCUT2D eigenvalue weighted by Crippen LogP contribution is -2.51. The topological polar surface area (TPSA) is 81.8 Å². The standard InChI is InChI=1S/C19H24BrFN4O3/c20-16-4-1-13(21)11-15(16)19(28)22-6-5-18(27)25-9-7-24(8-10-25)12-17(26)23-14-2-3-14/h1,4,11,14H,2-3,5-10,12H2,(H,22,28)(H,23,26). The Morgan fingerprint density at radius 3 is 2.54 bits per heavy atom. The largest absolute Gasteiger partial charge is 0.352 e. The van der Waals surface area contributed by atoms with Gasteiger partial charge in [-0.25, -0.2) is 4.39 Å². The van der Waals surface area contributed by atoms with Crippen molar-refractivity contribution in [1.29, 1.82) is 0 Å². The predicted molar refractivity (Wildman–Crippen MR) is 105 cm³/mol. The SMILES string of the molecule is O=C(CN1CCN(C(=O)CCNC(=O)c2cc(F)ccc2Br)CC1)NC1CC1. The van der Waals surface area contributed by atoms with Gasteiger partial charge in [0, 0.05) is 49.7 Å². The number of halogens is 2. The van der Waals surface area contributed by atoms with Gasteiger partial charge in [-0.05, 0) is 47.0 Å². The van der Waals surface area contributed by atoms with E-state index >= 15 is 0 Å². The average Bonchev–Trinajstić information content (AvgIpc) is 3.47. The number of nitrogens with zero attached hydrogens (tertiary/aromatic N) is 2. The fourth-order valence-corrected chi connectivity index (χ4v) is 3.49. The second-order valence-corrected chi connectivity index (χ2v) is 7.98. The monoisotopic (exact) mass is 454 g/mol. The highest BCUT2D eigenvalue weighted by Gasteiger charge is 2.26. The molecule has 1 saturated carbocycles. The van der Waals surface area contributed by atoms with Crippen LogP contribution in [0.2, 0.25) is 0 Å². The van der Waals surface area contributed by atoms with Gasteiger partial charge in [-0.1, -0.05) is 0 Å². The lowest BCUT2D eigenvalue weighted by Gasteiger charge is -2.34. The van der Waals surface area contributed by atoms with Crippen molar-refractivity contribution >= 4 is 33.7 Å². The van der Waals surface area contributed by atoms with Crippen LogP contribution in [0.1, 0.15) is 29.6 Å². The highest BCUT2D eigenvalue weighted by molar-refractivity contribution is 9.10. The van der Waals surface area contributed by atoms with Crippen molar-refractivity contribution in [3.8, 4) is 0 Å². The first-order valence-corrected chi connectivity index (χ1v) is 10.2. The number of amides is 3. The molecule has 0 radical (unpaired) electrons. The van der Waals surface area contributed by atoms with E-state index in [2.05, 4.69) is 26.6 Å². The molecule has 7 nitrogen and oxygen atoms in total. The Morgan fingerprint density at radius 1 is 1.14 bits per heavy atom. The number of hydrogen-bond acceptors (Lipinski definition) is 4. The minimum atomic E-state index is -0.492. The van der Waals surface area contributed by atoms with E-state index < -0.39 is 11.7 Å². The van der Waals surface area contributed by atoms with Crippen molar-refractivity contribution < 1.29 is 18.8 Å². The summed E-state index contributed by atoms with van der Waals surface area (Å²) in [5, 5.41) is 5.62. The number of rotatable bonds is 7. The van der Waals surface area contributed by atoms with Crippen molar-refractivity contribution in [2.75, 3.05) is 39.3 Å². The van der Waals surface area contributed by atoms with Crippen LogP contribution in [-0.4, -0.2) is 72.8 Å². The lowest BCUT2D eigenvalue weighted by molar-refractivity contribution is -0.133. The molecule has 1 saturated heterocycles. The molecule has 1 aromatic carbocycles. The molecule has 0 bridgehead atoms. The molecule has 0 atom stereocenters. The molecule has 0 unspecified atom stereocenters. The van der Waals surface area contributed by atoms with Crippen LogP contribution in [0.25, 0.3) is 0 Å². The Labute approximate surface area is 171 Å². The van der Waals surface area contributed by atoms with Crippen LogP contribution in [-0.2, 0) is 9.59 Å². The summed E-state index contributed by atoms with van der Waals surface area (Å²) in [6, 6.07) is 4.25. The fraction of sp³-hybridized carbons (Fsp3) is 0.526. The van der Waals surface area contributed by atoms with Gasteiger partial charge in [-0.2, -0.15) is 0 Å². The van der Waals surface area contributed by atoms with Gasteiger partial charge in [0.1, 0.15) is 5.82 Å². The van der Waals surface area contributed by atoms with Gasteiger partial charge in [-0.15, -0.1) is 0 Å². The number of carbonyl (C=O) groups excluding carboxylic acids is 3. The third-order valence-electron chi connectivity index (χ3n) is 4.83. The molecule has 3 rings (SSSR count). The quantitative estimate of drug-likeness (QED) is 0.646. The Balaban J connectivity index is 1.35. The van der Waals surface area contributed by atoms with Gasteiger partial charge in [-0.3, -0.25) is 19.3 Å². The molecule has 2 aliphatic rings. The van der Waals surface area contributed by atoms with Crippen LogP contribution >= 0.6 is 15.9 Å². The molecule has 1 aliphatic heterocycles. The highest BCUT2D eigenvalue weighted by atomic mass is 79.9. The molecule has 0 spiro atoms. The molecule has 152 valence electrons. The van der Waals surface area contributed by atoms with Gasteiger partial charge in [0.15, 0.2) is 0 Å². The molecule has 2 N–H and O–H groups in total. The fourth-order valence-electron chi connectivity index (χ4n) is 3.07. The molecule has 9 heteroatoms. The van der Waals surface area contributed by atoms with Crippen LogP contribution in [0.15, 0.2) is 22.7 Å². The summed E-state index contributed by atoms with van der Waals surface area (Å²) in [4.78, 5) is 40.1. The first-order valence-electron chi connectivity index (χ1n) is 9.45. The Bertz CT molecular complexity index is 749. The Hall–Kier alpha value is -2.00. The van der Waals surface area contributed by atoms with E-state index in [0.717, 1.165) is 18.9 Å². The molecule has 1 heterocycles. The van der Waals surface area contributed by atoms with Crippen LogP contribution in [0.5, 0.6) is 0 Å². The summed E-state index contributed by atoms with van der Waals surface area (Å²) in [6.45, 7) is 3.01. The van der Waals surface area contributed by atoms with E-state index in [1.165, 1.54) is 12.1 Å². The van der Waals surface area contributed by atoms with Crippen molar-refractivity contribution in [3.63, 3.8) is 0 Å². The van der Waals surface area contributed by atoms with Crippen molar-refractivity contribution in [2.24, 2.45) is 0 Å². The van der Waals surface area contributed by atoms with Crippen molar-refractivity contribution in [1.82, 2.24) is 20.4 Å². The third kappa shape index (κ3) is 6.00. The van der Waals surface area contributed by atoms with Crippen molar-refractivity contribution in [2.45, 2.75) is 25.3 Å². The van der Waals surface area contributed by atoms with Gasteiger partial charge >= 0.3 is 0 Å². The number of piperazine rings is 1. The number of hydrogen-bond donors (Lipinski definition) is 2. The maximum atomic E-state index is 13.3. The zero-order valence-electron chi connectivity index (χ0n) is 15.5. The van der Waals surface area contributed by atoms with Crippen LogP contribution in [0.3, 0.4) is 0 Å². The molecule has 1 aliphatic carbocycles. The lowest BCUT2D eigenvalue weighted by atomic mass is 10.2. The molecule has 3 amide bonds. The summed E-state index contributed by atoms with van der Waals surface area (Å²) < 4.78 is 13.8. The first kappa shape index (κ1) is 20.7. The minimum absolute atomic E-state index is 0.0410. The second kappa shape index (κ2) is 9.47. The summed E-state index contributed by atoms with van der Waals surface area (Å²) in [5.41, 5.74) is 0.200. The molecule has 1 aromatic rings. The zero-order valence-corrected chi connectivity index (χ0v) is 17.1. The molecule has 0 aromatic heterocycles. The molecular formula is C19H24BrFN4O3. The van der Waals surface area contributed by atoms with Gasteiger partial charge < -0.3 is 15.5 Å². The van der Waals surface area contributed by atoms with E-state index in [4.69, 9.17) is 0 Å². The summed E-state index contributed by atoms with van der Waals surface area (Å²) >= 11 is 3.22. The normalized spacial score (nSPS) is 17.3. The van der Waals surface area contributed by atoms with Gasteiger partial charge in [0.05, 0.1) is 12.1 Å². The highest BCUT2D eigenvalue weighted by Crippen LogP contribution is 2.19. The predicted octanol–water partition coefficient (Wildman–Crippen LogP) is 1.13. The van der Waals surface area contributed by atoms with E-state index in [9.17, 15) is 18.8 Å². The number of carbonyl (C=O) groups is 3. The Morgan fingerprint density at radius 2 is 1.86 bits per heavy atom. The van der Waals surface area contributed by atoms with Crippen LogP contribution < -0.4 is 10.6 Å². The number of nitrogens with one attached hydrogen (secondary N) is 2. The van der Waals surface area contributed by atoms with Crippen LogP contribution in [0.4, 0.5) is 4.39 Å². The van der Waals surface area contributed by atoms with E-state index in [0.29, 0.717) is 43.2 Å². The smallest absolute Gasteiger partial charge is 0.252 e.